The molecule has 0 aliphatic carbocycles. The third-order valence-corrected chi connectivity index (χ3v) is 3.91. The van der Waals surface area contributed by atoms with Crippen molar-refractivity contribution in [1.29, 1.82) is 0 Å². The van der Waals surface area contributed by atoms with Gasteiger partial charge in [-0.15, -0.1) is 0 Å². The molecule has 1 aromatic carbocycles. The zero-order chi connectivity index (χ0) is 15.8. The Kier molecular flexibility index (Phi) is 6.59. The minimum atomic E-state index is -0.280. The first-order valence-corrected chi connectivity index (χ1v) is 8.14. The average Bonchev–Trinajstić information content (AvgIpc) is 2.99. The van der Waals surface area contributed by atoms with Crippen molar-refractivity contribution in [3.8, 4) is 11.5 Å². The molecular weight excluding hydrogens is 279 g/mol. The van der Waals surface area contributed by atoms with E-state index in [4.69, 9.17) is 4.42 Å². The van der Waals surface area contributed by atoms with Crippen molar-refractivity contribution in [3.05, 3.63) is 42.0 Å². The molecule has 0 saturated carbocycles. The first-order chi connectivity index (χ1) is 10.7. The molecule has 0 aliphatic heterocycles. The first-order valence-electron chi connectivity index (χ1n) is 8.14. The van der Waals surface area contributed by atoms with Gasteiger partial charge in [-0.1, -0.05) is 39.2 Å². The van der Waals surface area contributed by atoms with Crippen LogP contribution in [0, 0.1) is 11.7 Å². The van der Waals surface area contributed by atoms with E-state index >= 15 is 0 Å². The van der Waals surface area contributed by atoms with E-state index in [0.717, 1.165) is 18.2 Å². The number of oxazole rings is 1. The normalized spacial score (nSPS) is 12.5. The Morgan fingerprint density at radius 3 is 2.91 bits per heavy atom. The highest BCUT2D eigenvalue weighted by Gasteiger charge is 2.09. The van der Waals surface area contributed by atoms with E-state index in [-0.39, 0.29) is 5.82 Å². The van der Waals surface area contributed by atoms with Gasteiger partial charge < -0.3 is 9.73 Å². The number of benzene rings is 1. The van der Waals surface area contributed by atoms with Crippen LogP contribution in [0.3, 0.4) is 0 Å². The molecule has 0 amide bonds. The van der Waals surface area contributed by atoms with Gasteiger partial charge in [-0.25, -0.2) is 9.37 Å². The molecule has 0 fully saturated rings. The van der Waals surface area contributed by atoms with E-state index in [0.29, 0.717) is 18.0 Å². The molecule has 2 rings (SSSR count). The van der Waals surface area contributed by atoms with Crippen LogP contribution in [0.4, 0.5) is 4.39 Å². The van der Waals surface area contributed by atoms with Gasteiger partial charge in [0.05, 0.1) is 5.69 Å². The summed E-state index contributed by atoms with van der Waals surface area (Å²) in [7, 11) is 0. The number of unbranched alkanes of at least 4 members (excludes halogenated alkanes) is 1. The third-order valence-electron chi connectivity index (χ3n) is 3.91. The Labute approximate surface area is 132 Å². The van der Waals surface area contributed by atoms with Crippen LogP contribution in [0.1, 0.15) is 45.2 Å². The van der Waals surface area contributed by atoms with E-state index in [1.807, 2.05) is 0 Å². The van der Waals surface area contributed by atoms with Crippen molar-refractivity contribution in [3.63, 3.8) is 0 Å². The zero-order valence-electron chi connectivity index (χ0n) is 13.4. The quantitative estimate of drug-likeness (QED) is 0.724. The van der Waals surface area contributed by atoms with Gasteiger partial charge in [0.15, 0.2) is 0 Å². The van der Waals surface area contributed by atoms with Gasteiger partial charge >= 0.3 is 0 Å². The maximum atomic E-state index is 13.2. The SMILES string of the molecule is CCCCC(CC)CNCc1coc(-c2cccc(F)c2)n1. The van der Waals surface area contributed by atoms with Gasteiger partial charge in [0, 0.05) is 12.1 Å². The molecule has 0 radical (unpaired) electrons. The number of nitrogens with one attached hydrogen (secondary N) is 1. The Hall–Kier alpha value is -1.68. The number of halogens is 1. The number of hydrogen-bond donors (Lipinski definition) is 1. The van der Waals surface area contributed by atoms with E-state index in [1.54, 1.807) is 18.4 Å². The Bertz CT molecular complexity index is 568. The summed E-state index contributed by atoms with van der Waals surface area (Å²) in [5.74, 6) is 0.904. The molecule has 2 aromatic rings. The van der Waals surface area contributed by atoms with Crippen LogP contribution in [-0.2, 0) is 6.54 Å². The molecule has 120 valence electrons. The van der Waals surface area contributed by atoms with Crippen molar-refractivity contribution < 1.29 is 8.81 Å². The molecule has 1 unspecified atom stereocenters. The standard InChI is InChI=1S/C18H25FN2O/c1-3-5-7-14(4-2)11-20-12-17-13-22-18(21-17)15-8-6-9-16(19)10-15/h6,8-10,13-14,20H,3-5,7,11-12H2,1-2H3. The van der Waals surface area contributed by atoms with Crippen molar-refractivity contribution >= 4 is 0 Å². The Balaban J connectivity index is 1.84. The third kappa shape index (κ3) is 4.95. The summed E-state index contributed by atoms with van der Waals surface area (Å²) in [6.07, 6.45) is 6.64. The molecule has 4 heteroatoms. The van der Waals surface area contributed by atoms with E-state index in [1.165, 1.54) is 37.8 Å². The molecule has 1 aromatic heterocycles. The minimum absolute atomic E-state index is 0.280. The average molecular weight is 304 g/mol. The summed E-state index contributed by atoms with van der Waals surface area (Å²) in [5, 5.41) is 3.44. The summed E-state index contributed by atoms with van der Waals surface area (Å²) < 4.78 is 18.6. The summed E-state index contributed by atoms with van der Waals surface area (Å²) in [4.78, 5) is 4.41. The van der Waals surface area contributed by atoms with Crippen LogP contribution in [0.5, 0.6) is 0 Å². The number of nitrogens with zero attached hydrogens (tertiary/aromatic N) is 1. The van der Waals surface area contributed by atoms with Crippen LogP contribution in [-0.4, -0.2) is 11.5 Å². The Morgan fingerprint density at radius 1 is 1.32 bits per heavy atom. The lowest BCUT2D eigenvalue weighted by molar-refractivity contribution is 0.418. The van der Waals surface area contributed by atoms with Gasteiger partial charge in [-0.3, -0.25) is 0 Å². The summed E-state index contributed by atoms with van der Waals surface area (Å²) in [6, 6.07) is 6.30. The number of rotatable bonds is 9. The molecule has 22 heavy (non-hydrogen) atoms. The van der Waals surface area contributed by atoms with Crippen molar-refractivity contribution in [2.24, 2.45) is 5.92 Å². The largest absolute Gasteiger partial charge is 0.444 e. The molecule has 0 saturated heterocycles. The van der Waals surface area contributed by atoms with E-state index in [2.05, 4.69) is 24.1 Å². The summed E-state index contributed by atoms with van der Waals surface area (Å²) >= 11 is 0. The zero-order valence-corrected chi connectivity index (χ0v) is 13.4. The molecule has 0 aliphatic rings. The maximum Gasteiger partial charge on any atom is 0.226 e. The lowest BCUT2D eigenvalue weighted by Crippen LogP contribution is -2.22. The van der Waals surface area contributed by atoms with E-state index < -0.39 is 0 Å². The molecule has 1 heterocycles. The molecule has 1 atom stereocenters. The van der Waals surface area contributed by atoms with E-state index in [9.17, 15) is 4.39 Å². The smallest absolute Gasteiger partial charge is 0.226 e. The second kappa shape index (κ2) is 8.69. The van der Waals surface area contributed by atoms with Gasteiger partial charge in [-0.2, -0.15) is 0 Å². The van der Waals surface area contributed by atoms with Crippen LogP contribution < -0.4 is 5.32 Å². The van der Waals surface area contributed by atoms with Gasteiger partial charge in [0.2, 0.25) is 5.89 Å². The Morgan fingerprint density at radius 2 is 2.18 bits per heavy atom. The summed E-state index contributed by atoms with van der Waals surface area (Å²) in [6.45, 7) is 6.14. The first kappa shape index (κ1) is 16.7. The fraction of sp³-hybridized carbons (Fsp3) is 0.500. The maximum absolute atomic E-state index is 13.2. The lowest BCUT2D eigenvalue weighted by atomic mass is 9.99. The second-order valence-electron chi connectivity index (χ2n) is 5.70. The number of aromatic nitrogens is 1. The molecule has 3 nitrogen and oxygen atoms in total. The molecule has 0 bridgehead atoms. The topological polar surface area (TPSA) is 38.1 Å². The highest BCUT2D eigenvalue weighted by molar-refractivity contribution is 5.52. The predicted molar refractivity (Wildman–Crippen MR) is 86.9 cm³/mol. The fourth-order valence-electron chi connectivity index (χ4n) is 2.49. The predicted octanol–water partition coefficient (Wildman–Crippen LogP) is 4.79. The van der Waals surface area contributed by atoms with Gasteiger partial charge in [0.25, 0.3) is 0 Å². The van der Waals surface area contributed by atoms with Crippen LogP contribution in [0.25, 0.3) is 11.5 Å². The molecule has 0 spiro atoms. The molecular formula is C18H25FN2O. The molecule has 1 N–H and O–H groups in total. The summed E-state index contributed by atoms with van der Waals surface area (Å²) in [5.41, 5.74) is 1.52. The van der Waals surface area contributed by atoms with Crippen LogP contribution >= 0.6 is 0 Å². The second-order valence-corrected chi connectivity index (χ2v) is 5.70. The van der Waals surface area contributed by atoms with Crippen molar-refractivity contribution in [2.45, 2.75) is 46.1 Å². The van der Waals surface area contributed by atoms with Crippen LogP contribution in [0.2, 0.25) is 0 Å². The highest BCUT2D eigenvalue weighted by atomic mass is 19.1. The monoisotopic (exact) mass is 304 g/mol. The van der Waals surface area contributed by atoms with Gasteiger partial charge in [0.1, 0.15) is 12.1 Å². The number of hydrogen-bond acceptors (Lipinski definition) is 3. The van der Waals surface area contributed by atoms with Crippen molar-refractivity contribution in [2.75, 3.05) is 6.54 Å². The van der Waals surface area contributed by atoms with Crippen LogP contribution in [0.15, 0.2) is 34.9 Å². The minimum Gasteiger partial charge on any atom is -0.444 e. The fourth-order valence-corrected chi connectivity index (χ4v) is 2.49. The van der Waals surface area contributed by atoms with Crippen molar-refractivity contribution in [1.82, 2.24) is 10.3 Å². The lowest BCUT2D eigenvalue weighted by Gasteiger charge is -2.14. The van der Waals surface area contributed by atoms with Gasteiger partial charge in [-0.05, 0) is 37.1 Å². The highest BCUT2D eigenvalue weighted by Crippen LogP contribution is 2.19.